The summed E-state index contributed by atoms with van der Waals surface area (Å²) in [5.74, 6) is 0.407. The average Bonchev–Trinajstić information content (AvgIpc) is 3.02. The number of alkyl carbamates (subject to hydrolysis) is 2. The molecule has 0 aliphatic carbocycles. The predicted molar refractivity (Wildman–Crippen MR) is 184 cm³/mol. The first-order chi connectivity index (χ1) is 23.1. The molecule has 272 valence electrons. The molecule has 1 saturated heterocycles. The van der Waals surface area contributed by atoms with Gasteiger partial charge in [0.2, 0.25) is 0 Å². The fraction of sp³-hybridized carbons (Fsp3) is 0.583. The topological polar surface area (TPSA) is 168 Å². The van der Waals surface area contributed by atoms with E-state index in [4.69, 9.17) is 18.9 Å². The van der Waals surface area contributed by atoms with Crippen LogP contribution in [0.4, 0.5) is 9.59 Å². The van der Waals surface area contributed by atoms with E-state index in [0.29, 0.717) is 38.5 Å². The zero-order valence-electron chi connectivity index (χ0n) is 29.6. The zero-order chi connectivity index (χ0) is 36.0. The van der Waals surface area contributed by atoms with E-state index in [1.807, 2.05) is 30.3 Å². The second-order valence-corrected chi connectivity index (χ2v) is 14.1. The Labute approximate surface area is 289 Å². The number of aliphatic hydroxyl groups is 2. The molecule has 13 nitrogen and oxygen atoms in total. The summed E-state index contributed by atoms with van der Waals surface area (Å²) in [6.07, 6.45) is -2.81. The minimum Gasteiger partial charge on any atom is -0.484 e. The van der Waals surface area contributed by atoms with Gasteiger partial charge in [-0.05, 0) is 77.6 Å². The Hall–Kier alpha value is -3.91. The van der Waals surface area contributed by atoms with Crippen molar-refractivity contribution in [3.05, 3.63) is 65.7 Å². The van der Waals surface area contributed by atoms with Crippen molar-refractivity contribution in [1.82, 2.24) is 20.9 Å². The molecule has 0 radical (unpaired) electrons. The normalized spacial score (nSPS) is 16.1. The van der Waals surface area contributed by atoms with Gasteiger partial charge >= 0.3 is 12.2 Å². The van der Waals surface area contributed by atoms with Crippen molar-refractivity contribution in [2.24, 2.45) is 0 Å². The summed E-state index contributed by atoms with van der Waals surface area (Å²) in [4.78, 5) is 39.4. The van der Waals surface area contributed by atoms with E-state index >= 15 is 0 Å². The van der Waals surface area contributed by atoms with Crippen LogP contribution < -0.4 is 20.7 Å². The van der Waals surface area contributed by atoms with Gasteiger partial charge in [0.05, 0.1) is 37.5 Å². The molecular formula is C36H54N4O9. The molecule has 13 heteroatoms. The van der Waals surface area contributed by atoms with Crippen LogP contribution in [0, 0.1) is 0 Å². The van der Waals surface area contributed by atoms with Gasteiger partial charge in [-0.2, -0.15) is 0 Å². The highest BCUT2D eigenvalue weighted by Gasteiger charge is 2.28. The smallest absolute Gasteiger partial charge is 0.407 e. The van der Waals surface area contributed by atoms with Gasteiger partial charge in [-0.25, -0.2) is 9.59 Å². The molecule has 5 N–H and O–H groups in total. The Balaban J connectivity index is 1.61. The SMILES string of the molecule is CC(C)(C)OC(=O)N[C@@H](Cc1ccccc1)[C@@H](O)CNCC(O)[C@@H](Cc1ccc(OCC(=O)N2CCOCC2)cc1)NC(=O)OC(C)(C)C. The second kappa shape index (κ2) is 18.7. The number of rotatable bonds is 15. The van der Waals surface area contributed by atoms with Crippen molar-refractivity contribution in [3.63, 3.8) is 0 Å². The van der Waals surface area contributed by atoms with E-state index in [9.17, 15) is 24.6 Å². The molecule has 1 aliphatic rings. The summed E-state index contributed by atoms with van der Waals surface area (Å²) in [5.41, 5.74) is 0.273. The minimum absolute atomic E-state index is 0.0207. The van der Waals surface area contributed by atoms with Gasteiger partial charge in [0, 0.05) is 26.2 Å². The maximum atomic E-state index is 12.7. The molecular weight excluding hydrogens is 632 g/mol. The number of hydrogen-bond acceptors (Lipinski definition) is 10. The van der Waals surface area contributed by atoms with Crippen molar-refractivity contribution in [2.45, 2.75) is 89.9 Å². The molecule has 2 aromatic rings. The first kappa shape index (κ1) is 39.5. The van der Waals surface area contributed by atoms with Gasteiger partial charge < -0.3 is 50.0 Å². The van der Waals surface area contributed by atoms with Gasteiger partial charge in [-0.1, -0.05) is 42.5 Å². The Bertz CT molecular complexity index is 1310. The summed E-state index contributed by atoms with van der Waals surface area (Å²) < 4.78 is 21.8. The number of benzene rings is 2. The van der Waals surface area contributed by atoms with E-state index in [2.05, 4.69) is 16.0 Å². The van der Waals surface area contributed by atoms with E-state index in [1.165, 1.54) is 0 Å². The molecule has 0 saturated carbocycles. The van der Waals surface area contributed by atoms with E-state index < -0.39 is 47.7 Å². The Kier molecular flexibility index (Phi) is 15.1. The van der Waals surface area contributed by atoms with Crippen molar-refractivity contribution in [3.8, 4) is 5.75 Å². The summed E-state index contributed by atoms with van der Waals surface area (Å²) in [6, 6.07) is 15.1. The predicted octanol–water partition coefficient (Wildman–Crippen LogP) is 2.81. The molecule has 1 heterocycles. The number of amides is 3. The summed E-state index contributed by atoms with van der Waals surface area (Å²) in [7, 11) is 0. The molecule has 1 fully saturated rings. The third-order valence-corrected chi connectivity index (χ3v) is 7.44. The van der Waals surface area contributed by atoms with Crippen LogP contribution in [-0.4, -0.2) is 115 Å². The molecule has 1 unspecified atom stereocenters. The van der Waals surface area contributed by atoms with Gasteiger partial charge in [-0.15, -0.1) is 0 Å². The van der Waals surface area contributed by atoms with Crippen molar-refractivity contribution < 1.29 is 43.5 Å². The number of morpholine rings is 1. The number of hydrogen-bond donors (Lipinski definition) is 5. The highest BCUT2D eigenvalue weighted by atomic mass is 16.6. The van der Waals surface area contributed by atoms with Crippen LogP contribution in [0.2, 0.25) is 0 Å². The lowest BCUT2D eigenvalue weighted by Gasteiger charge is -2.29. The Morgan fingerprint density at radius 2 is 1.22 bits per heavy atom. The molecule has 3 rings (SSSR count). The first-order valence-electron chi connectivity index (χ1n) is 16.7. The quantitative estimate of drug-likeness (QED) is 0.188. The molecule has 0 aromatic heterocycles. The first-order valence-corrected chi connectivity index (χ1v) is 16.7. The average molecular weight is 687 g/mol. The largest absolute Gasteiger partial charge is 0.484 e. The van der Waals surface area contributed by atoms with Crippen molar-refractivity contribution in [1.29, 1.82) is 0 Å². The lowest BCUT2D eigenvalue weighted by Crippen LogP contribution is -2.53. The van der Waals surface area contributed by atoms with Crippen LogP contribution in [0.1, 0.15) is 52.7 Å². The number of nitrogens with zero attached hydrogens (tertiary/aromatic N) is 1. The maximum absolute atomic E-state index is 12.7. The molecule has 1 aliphatic heterocycles. The molecule has 2 aromatic carbocycles. The lowest BCUT2D eigenvalue weighted by atomic mass is 10.00. The van der Waals surface area contributed by atoms with Gasteiger partial charge in [0.1, 0.15) is 17.0 Å². The third-order valence-electron chi connectivity index (χ3n) is 7.44. The molecule has 49 heavy (non-hydrogen) atoms. The fourth-order valence-electron chi connectivity index (χ4n) is 5.04. The van der Waals surface area contributed by atoms with Gasteiger partial charge in [0.25, 0.3) is 5.91 Å². The second-order valence-electron chi connectivity index (χ2n) is 14.1. The monoisotopic (exact) mass is 686 g/mol. The summed E-state index contributed by atoms with van der Waals surface area (Å²) >= 11 is 0. The summed E-state index contributed by atoms with van der Waals surface area (Å²) in [6.45, 7) is 12.6. The summed E-state index contributed by atoms with van der Waals surface area (Å²) in [5, 5.41) is 31.0. The zero-order valence-corrected chi connectivity index (χ0v) is 29.6. The van der Waals surface area contributed by atoms with E-state index in [1.54, 1.807) is 70.7 Å². The Morgan fingerprint density at radius 1 is 0.755 bits per heavy atom. The van der Waals surface area contributed by atoms with Crippen LogP contribution in [0.15, 0.2) is 54.6 Å². The number of nitrogens with one attached hydrogen (secondary N) is 3. The standard InChI is InChI=1S/C36H54N4O9/c1-35(2,3)48-33(44)38-28(20-25-10-8-7-9-11-25)30(41)22-37-23-31(42)29(39-34(45)49-36(4,5)6)21-26-12-14-27(15-13-26)47-24-32(43)40-16-18-46-19-17-40/h7-15,28-31,37,41-42H,16-24H2,1-6H3,(H,38,44)(H,39,45)/t28-,29+,30-,31?/m0/s1. The number of carbonyl (C=O) groups excluding carboxylic acids is 3. The molecule has 0 bridgehead atoms. The lowest BCUT2D eigenvalue weighted by molar-refractivity contribution is -0.137. The van der Waals surface area contributed by atoms with Gasteiger partial charge in [-0.3, -0.25) is 4.79 Å². The van der Waals surface area contributed by atoms with Crippen LogP contribution >= 0.6 is 0 Å². The van der Waals surface area contributed by atoms with Crippen LogP contribution in [-0.2, 0) is 31.8 Å². The Morgan fingerprint density at radius 3 is 1.69 bits per heavy atom. The van der Waals surface area contributed by atoms with Crippen molar-refractivity contribution >= 4 is 18.1 Å². The molecule has 0 spiro atoms. The number of carbonyl (C=O) groups is 3. The molecule has 3 amide bonds. The van der Waals surface area contributed by atoms with Crippen LogP contribution in [0.3, 0.4) is 0 Å². The fourth-order valence-corrected chi connectivity index (χ4v) is 5.04. The van der Waals surface area contributed by atoms with Gasteiger partial charge in [0.15, 0.2) is 6.61 Å². The van der Waals surface area contributed by atoms with Crippen LogP contribution in [0.25, 0.3) is 0 Å². The highest BCUT2D eigenvalue weighted by molar-refractivity contribution is 5.77. The highest BCUT2D eigenvalue weighted by Crippen LogP contribution is 2.16. The number of aliphatic hydroxyl groups excluding tert-OH is 2. The third kappa shape index (κ3) is 15.5. The maximum Gasteiger partial charge on any atom is 0.407 e. The molecule has 4 atom stereocenters. The number of ether oxygens (including phenoxy) is 4. The van der Waals surface area contributed by atoms with E-state index in [0.717, 1.165) is 11.1 Å². The van der Waals surface area contributed by atoms with Crippen LogP contribution in [0.5, 0.6) is 5.75 Å². The van der Waals surface area contributed by atoms with Crippen molar-refractivity contribution in [2.75, 3.05) is 46.0 Å². The van der Waals surface area contributed by atoms with E-state index in [-0.39, 0.29) is 32.0 Å². The minimum atomic E-state index is -1.08.